The Morgan fingerprint density at radius 2 is 1.35 bits per heavy atom. The highest BCUT2D eigenvalue weighted by Crippen LogP contribution is 2.22. The molecule has 10 nitrogen and oxygen atoms in total. The van der Waals surface area contributed by atoms with Gasteiger partial charge < -0.3 is 14.4 Å². The van der Waals surface area contributed by atoms with E-state index in [4.69, 9.17) is 0 Å². The molecule has 1 aromatic carbocycles. The van der Waals surface area contributed by atoms with Gasteiger partial charge in [0.25, 0.3) is 0 Å². The molecule has 0 unspecified atom stereocenters. The minimum Gasteiger partial charge on any atom is -0.465 e. The van der Waals surface area contributed by atoms with Gasteiger partial charge >= 0.3 is 11.9 Å². The number of nitrogens with zero attached hydrogens (tertiary/aromatic N) is 3. The second kappa shape index (κ2) is 9.75. The van der Waals surface area contributed by atoms with E-state index < -0.39 is 22.0 Å². The zero-order chi connectivity index (χ0) is 22.6. The fourth-order valence-electron chi connectivity index (χ4n) is 3.75. The van der Waals surface area contributed by atoms with Gasteiger partial charge in [0.1, 0.15) is 0 Å². The van der Waals surface area contributed by atoms with Gasteiger partial charge in [-0.1, -0.05) is 0 Å². The summed E-state index contributed by atoms with van der Waals surface area (Å²) in [6, 6.07) is 3.62. The van der Waals surface area contributed by atoms with Gasteiger partial charge in [-0.3, -0.25) is 9.69 Å². The molecular formula is C20H27N3O7S. The summed E-state index contributed by atoms with van der Waals surface area (Å²) >= 11 is 0. The van der Waals surface area contributed by atoms with E-state index in [0.29, 0.717) is 13.1 Å². The highest BCUT2D eigenvalue weighted by Gasteiger charge is 2.31. The Labute approximate surface area is 181 Å². The summed E-state index contributed by atoms with van der Waals surface area (Å²) in [5.74, 6) is -1.44. The highest BCUT2D eigenvalue weighted by molar-refractivity contribution is 7.89. The smallest absolute Gasteiger partial charge is 0.337 e. The van der Waals surface area contributed by atoms with Crippen molar-refractivity contribution in [3.05, 3.63) is 29.3 Å². The van der Waals surface area contributed by atoms with Crippen molar-refractivity contribution in [3.63, 3.8) is 0 Å². The lowest BCUT2D eigenvalue weighted by atomic mass is 10.1. The molecule has 2 aliphatic heterocycles. The molecule has 0 radical (unpaired) electrons. The van der Waals surface area contributed by atoms with E-state index in [2.05, 4.69) is 9.47 Å². The molecule has 11 heteroatoms. The number of amides is 1. The third-order valence-corrected chi connectivity index (χ3v) is 7.41. The number of ether oxygens (including phenoxy) is 2. The molecule has 1 aromatic rings. The van der Waals surface area contributed by atoms with Crippen LogP contribution in [0.2, 0.25) is 0 Å². The van der Waals surface area contributed by atoms with Crippen LogP contribution in [0.25, 0.3) is 0 Å². The predicted octanol–water partition coefficient (Wildman–Crippen LogP) is 0.189. The standard InChI is InChI=1S/C20H27N3O7S/c1-29-19(25)15-11-16(20(26)30-2)13-17(12-15)31(27,28)23-9-7-21(8-10-23)14-18(24)22-5-3-4-6-22/h11-13H,3-10,14H2,1-2H3. The van der Waals surface area contributed by atoms with Crippen molar-refractivity contribution in [2.45, 2.75) is 17.7 Å². The molecule has 0 N–H and O–H groups in total. The average Bonchev–Trinajstić information content (AvgIpc) is 3.33. The SMILES string of the molecule is COC(=O)c1cc(C(=O)OC)cc(S(=O)(=O)N2CCN(CC(=O)N3CCCC3)CC2)c1. The molecule has 0 bridgehead atoms. The first-order valence-electron chi connectivity index (χ1n) is 10.1. The summed E-state index contributed by atoms with van der Waals surface area (Å²) in [5.41, 5.74) is -0.113. The topological polar surface area (TPSA) is 114 Å². The summed E-state index contributed by atoms with van der Waals surface area (Å²) in [7, 11) is -1.62. The van der Waals surface area contributed by atoms with E-state index >= 15 is 0 Å². The number of likely N-dealkylation sites (tertiary alicyclic amines) is 1. The van der Waals surface area contributed by atoms with Gasteiger partial charge in [0.15, 0.2) is 0 Å². The van der Waals surface area contributed by atoms with Gasteiger partial charge in [-0.15, -0.1) is 0 Å². The average molecular weight is 454 g/mol. The van der Waals surface area contributed by atoms with Crippen LogP contribution in [0.1, 0.15) is 33.6 Å². The van der Waals surface area contributed by atoms with Crippen LogP contribution in [0.3, 0.4) is 0 Å². The lowest BCUT2D eigenvalue weighted by molar-refractivity contribution is -0.131. The third-order valence-electron chi connectivity index (χ3n) is 5.54. The van der Waals surface area contributed by atoms with Crippen LogP contribution in [-0.4, -0.2) is 100 Å². The second-order valence-electron chi connectivity index (χ2n) is 7.50. The number of esters is 2. The van der Waals surface area contributed by atoms with Crippen molar-refractivity contribution < 1.29 is 32.3 Å². The number of piperazine rings is 1. The monoisotopic (exact) mass is 453 g/mol. The summed E-state index contributed by atoms with van der Waals surface area (Å²) in [5, 5.41) is 0. The first-order chi connectivity index (χ1) is 14.8. The normalized spacial score (nSPS) is 18.1. The van der Waals surface area contributed by atoms with E-state index in [1.807, 2.05) is 9.80 Å². The number of hydrogen-bond donors (Lipinski definition) is 0. The summed E-state index contributed by atoms with van der Waals surface area (Å²) in [6.07, 6.45) is 2.05. The molecule has 0 atom stereocenters. The van der Waals surface area contributed by atoms with E-state index in [9.17, 15) is 22.8 Å². The fraction of sp³-hybridized carbons (Fsp3) is 0.550. The molecule has 0 saturated carbocycles. The minimum absolute atomic E-state index is 0.0566. The predicted molar refractivity (Wildman–Crippen MR) is 110 cm³/mol. The van der Waals surface area contributed by atoms with E-state index in [1.54, 1.807) is 0 Å². The largest absolute Gasteiger partial charge is 0.465 e. The van der Waals surface area contributed by atoms with Crippen LogP contribution in [-0.2, 0) is 24.3 Å². The van der Waals surface area contributed by atoms with Gasteiger partial charge in [0.2, 0.25) is 15.9 Å². The number of hydrogen-bond acceptors (Lipinski definition) is 8. The Morgan fingerprint density at radius 1 is 0.839 bits per heavy atom. The Kier molecular flexibility index (Phi) is 7.29. The third kappa shape index (κ3) is 5.23. The maximum atomic E-state index is 13.2. The lowest BCUT2D eigenvalue weighted by Crippen LogP contribution is -2.51. The Bertz CT molecular complexity index is 915. The van der Waals surface area contributed by atoms with Crippen molar-refractivity contribution in [2.24, 2.45) is 0 Å². The van der Waals surface area contributed by atoms with Crippen LogP contribution >= 0.6 is 0 Å². The van der Waals surface area contributed by atoms with E-state index in [1.165, 1.54) is 36.7 Å². The van der Waals surface area contributed by atoms with Gasteiger partial charge in [-0.25, -0.2) is 18.0 Å². The minimum atomic E-state index is -3.96. The number of benzene rings is 1. The Hall–Kier alpha value is -2.50. The molecule has 2 fully saturated rings. The number of methoxy groups -OCH3 is 2. The van der Waals surface area contributed by atoms with Crippen molar-refractivity contribution in [1.29, 1.82) is 0 Å². The van der Waals surface area contributed by atoms with Crippen LogP contribution in [0, 0.1) is 0 Å². The molecule has 2 heterocycles. The van der Waals surface area contributed by atoms with Crippen LogP contribution in [0.15, 0.2) is 23.1 Å². The van der Waals surface area contributed by atoms with Crippen molar-refractivity contribution >= 4 is 27.9 Å². The van der Waals surface area contributed by atoms with Crippen LogP contribution in [0.4, 0.5) is 0 Å². The zero-order valence-corrected chi connectivity index (χ0v) is 18.5. The quantitative estimate of drug-likeness (QED) is 0.561. The fourth-order valence-corrected chi connectivity index (χ4v) is 5.25. The summed E-state index contributed by atoms with van der Waals surface area (Å²) in [6.45, 7) is 3.08. The number of carbonyl (C=O) groups excluding carboxylic acids is 3. The molecule has 2 aliphatic rings. The molecule has 3 rings (SSSR count). The van der Waals surface area contributed by atoms with Gasteiger partial charge in [-0.05, 0) is 31.0 Å². The first-order valence-corrected chi connectivity index (χ1v) is 11.5. The molecule has 0 aliphatic carbocycles. The van der Waals surface area contributed by atoms with Crippen LogP contribution < -0.4 is 0 Å². The first kappa shape index (κ1) is 23.2. The Morgan fingerprint density at radius 3 is 1.84 bits per heavy atom. The molecule has 0 aromatic heterocycles. The molecule has 0 spiro atoms. The van der Waals surface area contributed by atoms with Crippen molar-refractivity contribution in [2.75, 3.05) is 60.0 Å². The molecular weight excluding hydrogens is 426 g/mol. The molecule has 2 saturated heterocycles. The van der Waals surface area contributed by atoms with Gasteiger partial charge in [0.05, 0.1) is 36.8 Å². The summed E-state index contributed by atoms with van der Waals surface area (Å²) < 4.78 is 37.0. The second-order valence-corrected chi connectivity index (χ2v) is 9.44. The van der Waals surface area contributed by atoms with Gasteiger partial charge in [0, 0.05) is 39.3 Å². The Balaban J connectivity index is 1.73. The maximum absolute atomic E-state index is 13.2. The highest BCUT2D eigenvalue weighted by atomic mass is 32.2. The molecule has 31 heavy (non-hydrogen) atoms. The molecule has 1 amide bonds. The van der Waals surface area contributed by atoms with E-state index in [0.717, 1.165) is 25.9 Å². The zero-order valence-electron chi connectivity index (χ0n) is 17.7. The van der Waals surface area contributed by atoms with Crippen LogP contribution in [0.5, 0.6) is 0 Å². The number of sulfonamides is 1. The van der Waals surface area contributed by atoms with E-state index in [-0.39, 0.29) is 41.6 Å². The number of rotatable bonds is 6. The summed E-state index contributed by atoms with van der Waals surface area (Å²) in [4.78, 5) is 39.9. The maximum Gasteiger partial charge on any atom is 0.337 e. The number of carbonyl (C=O) groups is 3. The van der Waals surface area contributed by atoms with Gasteiger partial charge in [-0.2, -0.15) is 4.31 Å². The molecule has 170 valence electrons. The van der Waals surface area contributed by atoms with Crippen molar-refractivity contribution in [3.8, 4) is 0 Å². The lowest BCUT2D eigenvalue weighted by Gasteiger charge is -2.34. The van der Waals surface area contributed by atoms with Crippen molar-refractivity contribution in [1.82, 2.24) is 14.1 Å².